The van der Waals surface area contributed by atoms with E-state index in [-0.39, 0.29) is 12.5 Å². The molecule has 0 spiro atoms. The number of aliphatic hydroxyl groups is 1. The Morgan fingerprint density at radius 3 is 2.67 bits per heavy atom. The lowest BCUT2D eigenvalue weighted by molar-refractivity contribution is -0.116. The lowest BCUT2D eigenvalue weighted by Gasteiger charge is -2.06. The smallest absolute Gasteiger partial charge is 0.244 e. The average molecular weight is 244 g/mol. The molecule has 0 aliphatic carbocycles. The van der Waals surface area contributed by atoms with Gasteiger partial charge in [-0.05, 0) is 30.7 Å². The van der Waals surface area contributed by atoms with Crippen molar-refractivity contribution in [3.8, 4) is 0 Å². The first-order valence-electron chi connectivity index (χ1n) is 5.84. The molecule has 0 aliphatic heterocycles. The van der Waals surface area contributed by atoms with Crippen LogP contribution in [0.15, 0.2) is 48.8 Å². The van der Waals surface area contributed by atoms with E-state index in [1.165, 1.54) is 0 Å². The summed E-state index contributed by atoms with van der Waals surface area (Å²) in [6, 6.07) is 11.1. The molecule has 0 radical (unpaired) electrons. The molecule has 1 amide bonds. The number of para-hydroxylation sites is 1. The third kappa shape index (κ3) is 3.21. The number of amides is 1. The zero-order valence-corrected chi connectivity index (χ0v) is 10.2. The van der Waals surface area contributed by atoms with Gasteiger partial charge in [-0.15, -0.1) is 0 Å². The summed E-state index contributed by atoms with van der Waals surface area (Å²) in [7, 11) is 0. The molecule has 18 heavy (non-hydrogen) atoms. The third-order valence-corrected chi connectivity index (χ3v) is 2.64. The van der Waals surface area contributed by atoms with E-state index in [0.29, 0.717) is 0 Å². The highest BCUT2D eigenvalue weighted by molar-refractivity contribution is 5.90. The zero-order chi connectivity index (χ0) is 13.0. The number of carbonyl (C=O) groups excluding carboxylic acids is 1. The minimum absolute atomic E-state index is 0.0889. The van der Waals surface area contributed by atoms with Crippen LogP contribution in [0.4, 0.5) is 5.69 Å². The summed E-state index contributed by atoms with van der Waals surface area (Å²) in [5, 5.41) is 12.2. The van der Waals surface area contributed by atoms with Gasteiger partial charge in [0.2, 0.25) is 5.91 Å². The number of aromatic nitrogens is 1. The van der Waals surface area contributed by atoms with Crippen molar-refractivity contribution in [2.45, 2.75) is 19.6 Å². The summed E-state index contributed by atoms with van der Waals surface area (Å²) in [6.07, 6.45) is 3.05. The summed E-state index contributed by atoms with van der Waals surface area (Å²) >= 11 is 0. The first-order valence-corrected chi connectivity index (χ1v) is 5.84. The van der Waals surface area contributed by atoms with Crippen molar-refractivity contribution in [3.05, 3.63) is 54.4 Å². The van der Waals surface area contributed by atoms with Crippen LogP contribution in [0.3, 0.4) is 0 Å². The van der Waals surface area contributed by atoms with Crippen LogP contribution in [0.2, 0.25) is 0 Å². The van der Waals surface area contributed by atoms with E-state index in [1.54, 1.807) is 30.0 Å². The summed E-state index contributed by atoms with van der Waals surface area (Å²) in [4.78, 5) is 11.8. The van der Waals surface area contributed by atoms with Gasteiger partial charge in [-0.25, -0.2) is 0 Å². The second-order valence-electron chi connectivity index (χ2n) is 4.21. The van der Waals surface area contributed by atoms with Gasteiger partial charge in [0.15, 0.2) is 0 Å². The Bertz CT molecular complexity index is 518. The van der Waals surface area contributed by atoms with Crippen molar-refractivity contribution < 1.29 is 9.90 Å². The molecule has 0 saturated heterocycles. The Hall–Kier alpha value is -2.07. The topological polar surface area (TPSA) is 54.3 Å². The molecule has 4 heteroatoms. The first-order chi connectivity index (χ1) is 8.65. The molecule has 1 atom stereocenters. The van der Waals surface area contributed by atoms with Gasteiger partial charge in [-0.2, -0.15) is 0 Å². The maximum Gasteiger partial charge on any atom is 0.244 e. The van der Waals surface area contributed by atoms with Crippen molar-refractivity contribution in [2.24, 2.45) is 0 Å². The van der Waals surface area contributed by atoms with E-state index in [9.17, 15) is 9.90 Å². The maximum absolute atomic E-state index is 11.8. The predicted octanol–water partition coefficient (Wildman–Crippen LogP) is 2.18. The zero-order valence-electron chi connectivity index (χ0n) is 10.2. The van der Waals surface area contributed by atoms with E-state index in [1.807, 2.05) is 30.3 Å². The normalized spacial score (nSPS) is 12.1. The van der Waals surface area contributed by atoms with Crippen LogP contribution in [0.25, 0.3) is 0 Å². The monoisotopic (exact) mass is 244 g/mol. The van der Waals surface area contributed by atoms with Gasteiger partial charge in [0.25, 0.3) is 0 Å². The number of hydrogen-bond donors (Lipinski definition) is 2. The van der Waals surface area contributed by atoms with Crippen molar-refractivity contribution in [1.29, 1.82) is 0 Å². The number of nitrogens with zero attached hydrogens (tertiary/aromatic N) is 1. The van der Waals surface area contributed by atoms with Gasteiger partial charge in [-0.1, -0.05) is 18.2 Å². The first kappa shape index (κ1) is 12.4. The predicted molar refractivity (Wildman–Crippen MR) is 70.1 cm³/mol. The minimum atomic E-state index is -0.511. The Morgan fingerprint density at radius 2 is 2.06 bits per heavy atom. The van der Waals surface area contributed by atoms with E-state index >= 15 is 0 Å². The van der Waals surface area contributed by atoms with Crippen molar-refractivity contribution in [2.75, 3.05) is 5.32 Å². The van der Waals surface area contributed by atoms with Crippen LogP contribution in [0, 0.1) is 0 Å². The fourth-order valence-electron chi connectivity index (χ4n) is 1.69. The molecule has 0 saturated carbocycles. The molecule has 0 fully saturated rings. The van der Waals surface area contributed by atoms with E-state index < -0.39 is 6.10 Å². The molecule has 0 bridgehead atoms. The molecular weight excluding hydrogens is 228 g/mol. The van der Waals surface area contributed by atoms with E-state index in [4.69, 9.17) is 0 Å². The summed E-state index contributed by atoms with van der Waals surface area (Å²) in [5.41, 5.74) is 1.59. The largest absolute Gasteiger partial charge is 0.389 e. The van der Waals surface area contributed by atoms with Gasteiger partial charge in [0.05, 0.1) is 6.10 Å². The van der Waals surface area contributed by atoms with Crippen molar-refractivity contribution >= 4 is 11.6 Å². The van der Waals surface area contributed by atoms with Crippen LogP contribution in [0.1, 0.15) is 18.6 Å². The van der Waals surface area contributed by atoms with Crippen LogP contribution in [-0.2, 0) is 11.3 Å². The number of carbonyl (C=O) groups is 1. The SMILES string of the molecule is CC(O)c1ccn(CC(=O)Nc2ccccc2)c1. The minimum Gasteiger partial charge on any atom is -0.389 e. The lowest BCUT2D eigenvalue weighted by atomic mass is 10.2. The lowest BCUT2D eigenvalue weighted by Crippen LogP contribution is -2.17. The molecule has 4 nitrogen and oxygen atoms in total. The fraction of sp³-hybridized carbons (Fsp3) is 0.214. The van der Waals surface area contributed by atoms with Gasteiger partial charge in [-0.3, -0.25) is 4.79 Å². The highest BCUT2D eigenvalue weighted by Gasteiger charge is 2.06. The van der Waals surface area contributed by atoms with Crippen molar-refractivity contribution in [3.63, 3.8) is 0 Å². The molecular formula is C14H16N2O2. The molecule has 94 valence electrons. The van der Waals surface area contributed by atoms with E-state index in [0.717, 1.165) is 11.3 Å². The molecule has 2 rings (SSSR count). The number of anilines is 1. The number of rotatable bonds is 4. The maximum atomic E-state index is 11.8. The van der Waals surface area contributed by atoms with Gasteiger partial charge >= 0.3 is 0 Å². The Balaban J connectivity index is 1.95. The number of aliphatic hydroxyl groups excluding tert-OH is 1. The summed E-state index contributed by atoms with van der Waals surface area (Å²) < 4.78 is 1.75. The molecule has 1 aromatic carbocycles. The number of hydrogen-bond acceptors (Lipinski definition) is 2. The molecule has 1 heterocycles. The van der Waals surface area contributed by atoms with Crippen LogP contribution in [0.5, 0.6) is 0 Å². The second kappa shape index (κ2) is 5.51. The standard InChI is InChI=1S/C14H16N2O2/c1-11(17)12-7-8-16(9-12)10-14(18)15-13-5-3-2-4-6-13/h2-9,11,17H,10H2,1H3,(H,15,18). The molecule has 1 unspecified atom stereocenters. The van der Waals surface area contributed by atoms with Gasteiger partial charge in [0.1, 0.15) is 6.54 Å². The number of nitrogens with one attached hydrogen (secondary N) is 1. The fourth-order valence-corrected chi connectivity index (χ4v) is 1.69. The average Bonchev–Trinajstić information content (AvgIpc) is 2.78. The molecule has 1 aromatic heterocycles. The highest BCUT2D eigenvalue weighted by atomic mass is 16.3. The van der Waals surface area contributed by atoms with Crippen LogP contribution in [-0.4, -0.2) is 15.6 Å². The number of benzene rings is 1. The molecule has 2 aromatic rings. The highest BCUT2D eigenvalue weighted by Crippen LogP contribution is 2.12. The second-order valence-corrected chi connectivity index (χ2v) is 4.21. The molecule has 2 N–H and O–H groups in total. The Kier molecular flexibility index (Phi) is 3.79. The quantitative estimate of drug-likeness (QED) is 0.866. The van der Waals surface area contributed by atoms with Crippen LogP contribution < -0.4 is 5.32 Å². The Morgan fingerprint density at radius 1 is 1.33 bits per heavy atom. The van der Waals surface area contributed by atoms with Crippen LogP contribution >= 0.6 is 0 Å². The molecule has 0 aliphatic rings. The van der Waals surface area contributed by atoms with Crippen molar-refractivity contribution in [1.82, 2.24) is 4.57 Å². The van der Waals surface area contributed by atoms with E-state index in [2.05, 4.69) is 5.32 Å². The third-order valence-electron chi connectivity index (χ3n) is 2.64. The summed E-state index contributed by atoms with van der Waals surface area (Å²) in [6.45, 7) is 1.94. The summed E-state index contributed by atoms with van der Waals surface area (Å²) in [5.74, 6) is -0.0889. The Labute approximate surface area is 106 Å². The van der Waals surface area contributed by atoms with Gasteiger partial charge < -0.3 is 15.0 Å². The van der Waals surface area contributed by atoms with Gasteiger partial charge in [0, 0.05) is 18.1 Å².